The molecular weight excluding hydrogens is 360 g/mol. The molecule has 0 aliphatic heterocycles. The Bertz CT molecular complexity index is 1400. The first kappa shape index (κ1) is 15.9. The highest BCUT2D eigenvalue weighted by Crippen LogP contribution is 2.26. The van der Waals surface area contributed by atoms with Gasteiger partial charge < -0.3 is 4.42 Å². The van der Waals surface area contributed by atoms with Crippen LogP contribution in [0.2, 0.25) is 5.02 Å². The highest BCUT2D eigenvalue weighted by atomic mass is 35.5. The zero-order valence-electron chi connectivity index (χ0n) is 14.1. The number of aliphatic imine (C=N–C) groups is 1. The summed E-state index contributed by atoms with van der Waals surface area (Å²) in [6.07, 6.45) is 1.74. The Morgan fingerprint density at radius 2 is 1.59 bits per heavy atom. The summed E-state index contributed by atoms with van der Waals surface area (Å²) in [5.74, 6) is 0. The van der Waals surface area contributed by atoms with Gasteiger partial charge in [-0.15, -0.1) is 0 Å². The van der Waals surface area contributed by atoms with Crippen LogP contribution >= 0.6 is 11.6 Å². The van der Waals surface area contributed by atoms with E-state index in [4.69, 9.17) is 16.0 Å². The molecule has 0 spiro atoms. The van der Waals surface area contributed by atoms with Crippen LogP contribution in [0.1, 0.15) is 5.56 Å². The van der Waals surface area contributed by atoms with E-state index in [-0.39, 0.29) is 5.56 Å². The lowest BCUT2D eigenvalue weighted by atomic mass is 10.1. The third kappa shape index (κ3) is 2.54. The lowest BCUT2D eigenvalue weighted by molar-refractivity contribution is 0.652. The van der Waals surface area contributed by atoms with Gasteiger partial charge in [-0.25, -0.2) is 4.40 Å². The van der Waals surface area contributed by atoms with Crippen LogP contribution in [-0.4, -0.2) is 10.6 Å². The van der Waals surface area contributed by atoms with E-state index in [0.29, 0.717) is 21.7 Å². The van der Waals surface area contributed by atoms with Gasteiger partial charge in [0.1, 0.15) is 0 Å². The lowest BCUT2D eigenvalue weighted by Gasteiger charge is -2.04. The molecule has 27 heavy (non-hydrogen) atoms. The molecule has 0 bridgehead atoms. The maximum atomic E-state index is 13.1. The summed E-state index contributed by atoms with van der Waals surface area (Å²) in [5, 5.41) is 2.09. The molecule has 0 atom stereocenters. The molecule has 5 aromatic rings. The summed E-state index contributed by atoms with van der Waals surface area (Å²) in [4.78, 5) is 17.6. The maximum absolute atomic E-state index is 13.1. The number of fused-ring (bicyclic) bond motifs is 4. The van der Waals surface area contributed by atoms with E-state index in [9.17, 15) is 4.79 Å². The number of oxazole rings is 1. The molecule has 2 aromatic heterocycles. The van der Waals surface area contributed by atoms with Crippen LogP contribution in [0.4, 0.5) is 5.69 Å². The quantitative estimate of drug-likeness (QED) is 0.378. The van der Waals surface area contributed by atoms with Crippen molar-refractivity contribution >= 4 is 51.1 Å². The van der Waals surface area contributed by atoms with Crippen molar-refractivity contribution in [2.75, 3.05) is 0 Å². The number of aromatic nitrogens is 1. The molecule has 0 aliphatic carbocycles. The number of benzene rings is 3. The van der Waals surface area contributed by atoms with Gasteiger partial charge in [-0.3, -0.25) is 9.79 Å². The minimum Gasteiger partial charge on any atom is -0.437 e. The van der Waals surface area contributed by atoms with Gasteiger partial charge in [0.2, 0.25) is 5.71 Å². The Balaban J connectivity index is 1.87. The maximum Gasteiger partial charge on any atom is 0.265 e. The molecule has 0 amide bonds. The summed E-state index contributed by atoms with van der Waals surface area (Å²) in [7, 11) is 0. The van der Waals surface area contributed by atoms with E-state index in [0.717, 1.165) is 22.2 Å². The summed E-state index contributed by atoms with van der Waals surface area (Å²) in [5.41, 5.74) is 3.31. The van der Waals surface area contributed by atoms with E-state index in [2.05, 4.69) is 4.99 Å². The van der Waals surface area contributed by atoms with Gasteiger partial charge in [0.25, 0.3) is 5.56 Å². The fourth-order valence-electron chi connectivity index (χ4n) is 3.30. The smallest absolute Gasteiger partial charge is 0.265 e. The number of hydrogen-bond donors (Lipinski definition) is 0. The number of rotatable bonds is 2. The summed E-state index contributed by atoms with van der Waals surface area (Å²) in [6, 6.07) is 22.3. The van der Waals surface area contributed by atoms with Gasteiger partial charge >= 0.3 is 0 Å². The third-order valence-corrected chi connectivity index (χ3v) is 4.82. The average Bonchev–Trinajstić information content (AvgIpc) is 3.09. The molecular formula is C22H13ClN2O2. The molecule has 3 aromatic carbocycles. The van der Waals surface area contributed by atoms with Crippen molar-refractivity contribution < 1.29 is 4.42 Å². The van der Waals surface area contributed by atoms with Crippen LogP contribution in [0.15, 0.2) is 87.0 Å². The van der Waals surface area contributed by atoms with Gasteiger partial charge in [-0.1, -0.05) is 41.9 Å². The Kier molecular flexibility index (Phi) is 3.59. The van der Waals surface area contributed by atoms with Crippen molar-refractivity contribution in [2.24, 2.45) is 4.99 Å². The molecule has 5 rings (SSSR count). The second-order valence-corrected chi connectivity index (χ2v) is 6.65. The van der Waals surface area contributed by atoms with Crippen molar-refractivity contribution in [1.29, 1.82) is 0 Å². The minimum absolute atomic E-state index is 0.103. The van der Waals surface area contributed by atoms with Gasteiger partial charge in [0.05, 0.1) is 16.8 Å². The van der Waals surface area contributed by atoms with Crippen LogP contribution in [0, 0.1) is 0 Å². The molecule has 0 aliphatic rings. The first-order valence-electron chi connectivity index (χ1n) is 8.47. The number of pyridine rings is 1. The lowest BCUT2D eigenvalue weighted by Crippen LogP contribution is -2.14. The van der Waals surface area contributed by atoms with E-state index < -0.39 is 0 Å². The van der Waals surface area contributed by atoms with E-state index in [1.165, 1.54) is 0 Å². The molecule has 130 valence electrons. The van der Waals surface area contributed by atoms with E-state index in [1.807, 2.05) is 60.7 Å². The molecule has 0 saturated heterocycles. The van der Waals surface area contributed by atoms with E-state index >= 15 is 0 Å². The largest absolute Gasteiger partial charge is 0.437 e. The first-order chi connectivity index (χ1) is 13.2. The summed E-state index contributed by atoms with van der Waals surface area (Å²) >= 11 is 5.94. The third-order valence-electron chi connectivity index (χ3n) is 4.57. The second kappa shape index (κ2) is 6.11. The summed E-state index contributed by atoms with van der Waals surface area (Å²) in [6.45, 7) is 0. The predicted molar refractivity (Wildman–Crippen MR) is 110 cm³/mol. The molecule has 2 heterocycles. The van der Waals surface area contributed by atoms with Crippen molar-refractivity contribution in [2.45, 2.75) is 0 Å². The number of halogens is 1. The number of para-hydroxylation sites is 2. The van der Waals surface area contributed by atoms with E-state index in [1.54, 1.807) is 22.7 Å². The SMILES string of the molecule is O=c1c2ccccc2c(C=Nc2ccc(Cl)cc2)c2oc3ccccc3n12. The van der Waals surface area contributed by atoms with Gasteiger partial charge in [-0.2, -0.15) is 0 Å². The summed E-state index contributed by atoms with van der Waals surface area (Å²) < 4.78 is 7.64. The topological polar surface area (TPSA) is 47.0 Å². The number of hydrogen-bond acceptors (Lipinski definition) is 3. The monoisotopic (exact) mass is 372 g/mol. The van der Waals surface area contributed by atoms with Crippen molar-refractivity contribution in [3.05, 3.63) is 93.7 Å². The van der Waals surface area contributed by atoms with Crippen LogP contribution in [0.5, 0.6) is 0 Å². The van der Waals surface area contributed by atoms with Crippen LogP contribution in [0.25, 0.3) is 27.6 Å². The van der Waals surface area contributed by atoms with Gasteiger partial charge in [0.15, 0.2) is 5.58 Å². The fourth-order valence-corrected chi connectivity index (χ4v) is 3.42. The molecule has 0 N–H and O–H groups in total. The molecule has 0 unspecified atom stereocenters. The first-order valence-corrected chi connectivity index (χ1v) is 8.85. The average molecular weight is 373 g/mol. The Labute approximate surface area is 158 Å². The highest BCUT2D eigenvalue weighted by Gasteiger charge is 2.16. The van der Waals surface area contributed by atoms with Gasteiger partial charge in [0, 0.05) is 22.0 Å². The van der Waals surface area contributed by atoms with Crippen LogP contribution in [0.3, 0.4) is 0 Å². The molecule has 0 saturated carbocycles. The molecule has 5 heteroatoms. The zero-order chi connectivity index (χ0) is 18.4. The zero-order valence-corrected chi connectivity index (χ0v) is 14.9. The second-order valence-electron chi connectivity index (χ2n) is 6.21. The van der Waals surface area contributed by atoms with Gasteiger partial charge in [-0.05, 0) is 42.5 Å². The predicted octanol–water partition coefficient (Wildman–Crippen LogP) is 5.60. The Morgan fingerprint density at radius 1 is 0.889 bits per heavy atom. The number of nitrogens with zero attached hydrogens (tertiary/aromatic N) is 2. The highest BCUT2D eigenvalue weighted by molar-refractivity contribution is 6.30. The van der Waals surface area contributed by atoms with Crippen molar-refractivity contribution in [3.8, 4) is 0 Å². The Morgan fingerprint density at radius 3 is 2.41 bits per heavy atom. The normalized spacial score (nSPS) is 11.9. The van der Waals surface area contributed by atoms with Crippen LogP contribution < -0.4 is 5.56 Å². The molecule has 4 nitrogen and oxygen atoms in total. The standard InChI is InChI=1S/C22H13ClN2O2/c23-14-9-11-15(12-10-14)24-13-18-16-5-1-2-6-17(16)21(26)25-19-7-3-4-8-20(19)27-22(18)25/h1-13H. The van der Waals surface area contributed by atoms with Crippen molar-refractivity contribution in [3.63, 3.8) is 0 Å². The van der Waals surface area contributed by atoms with Crippen molar-refractivity contribution in [1.82, 2.24) is 4.40 Å². The Hall–Kier alpha value is -3.37. The fraction of sp³-hybridized carbons (Fsp3) is 0. The molecule has 0 radical (unpaired) electrons. The van der Waals surface area contributed by atoms with Crippen LogP contribution in [-0.2, 0) is 0 Å². The molecule has 0 fully saturated rings. The minimum atomic E-state index is -0.103.